The number of aromatic amines is 1. The van der Waals surface area contributed by atoms with E-state index in [2.05, 4.69) is 20.1 Å². The zero-order chi connectivity index (χ0) is 19.3. The normalized spacial score (nSPS) is 21.9. The molecule has 2 aliphatic heterocycles. The molecule has 1 N–H and O–H groups in total. The molecular formula is C20H20FN5O2. The largest absolute Gasteiger partial charge is 0.358 e. The van der Waals surface area contributed by atoms with E-state index in [1.54, 1.807) is 6.07 Å². The lowest BCUT2D eigenvalue weighted by atomic mass is 9.91. The third-order valence-electron chi connectivity index (χ3n) is 5.71. The molecule has 2 atom stereocenters. The molecule has 0 radical (unpaired) electrons. The molecule has 0 unspecified atom stereocenters. The van der Waals surface area contributed by atoms with Crippen molar-refractivity contribution in [3.8, 4) is 11.5 Å². The predicted molar refractivity (Wildman–Crippen MR) is 98.1 cm³/mol. The van der Waals surface area contributed by atoms with Gasteiger partial charge in [-0.2, -0.15) is 9.37 Å². The second-order valence-corrected chi connectivity index (χ2v) is 7.60. The molecule has 5 heterocycles. The first-order valence-electron chi connectivity index (χ1n) is 9.54. The summed E-state index contributed by atoms with van der Waals surface area (Å²) in [5.74, 6) is 0.441. The van der Waals surface area contributed by atoms with E-state index in [0.717, 1.165) is 30.5 Å². The van der Waals surface area contributed by atoms with Gasteiger partial charge in [0.25, 0.3) is 5.91 Å². The number of hydrogen-bond donors (Lipinski definition) is 1. The number of aromatic nitrogens is 4. The fourth-order valence-corrected chi connectivity index (χ4v) is 4.24. The fraction of sp³-hybridized carbons (Fsp3) is 0.400. The molecule has 7 nitrogen and oxygen atoms in total. The van der Waals surface area contributed by atoms with Gasteiger partial charge in [0.15, 0.2) is 0 Å². The number of pyridine rings is 1. The van der Waals surface area contributed by atoms with E-state index in [1.807, 2.05) is 24.1 Å². The van der Waals surface area contributed by atoms with Crippen LogP contribution in [0, 0.1) is 12.9 Å². The topological polar surface area (TPSA) is 87.9 Å². The number of fused-ring (bicyclic) bond motifs is 2. The van der Waals surface area contributed by atoms with Crippen molar-refractivity contribution in [3.05, 3.63) is 53.1 Å². The van der Waals surface area contributed by atoms with E-state index in [1.165, 1.54) is 6.07 Å². The Morgan fingerprint density at radius 2 is 2.14 bits per heavy atom. The number of nitrogens with one attached hydrogen (secondary N) is 1. The summed E-state index contributed by atoms with van der Waals surface area (Å²) in [6, 6.07) is 4.90. The van der Waals surface area contributed by atoms with Crippen LogP contribution in [-0.4, -0.2) is 43.5 Å². The number of piperidine rings is 1. The summed E-state index contributed by atoms with van der Waals surface area (Å²) in [5.41, 5.74) is 2.96. The Morgan fingerprint density at radius 3 is 2.96 bits per heavy atom. The van der Waals surface area contributed by atoms with Crippen LogP contribution in [0.2, 0.25) is 0 Å². The van der Waals surface area contributed by atoms with Crippen molar-refractivity contribution >= 4 is 5.91 Å². The second kappa shape index (κ2) is 6.54. The minimum atomic E-state index is -0.540. The molecule has 2 aliphatic rings. The molecule has 3 aromatic rings. The minimum Gasteiger partial charge on any atom is -0.358 e. The molecule has 1 fully saturated rings. The van der Waals surface area contributed by atoms with Gasteiger partial charge in [0.2, 0.25) is 17.7 Å². The van der Waals surface area contributed by atoms with Crippen molar-refractivity contribution in [2.75, 3.05) is 6.54 Å². The molecule has 1 amide bonds. The average Bonchev–Trinajstić information content (AvgIpc) is 3.32. The van der Waals surface area contributed by atoms with Gasteiger partial charge in [-0.15, -0.1) is 0 Å². The summed E-state index contributed by atoms with van der Waals surface area (Å²) >= 11 is 0. The first-order valence-corrected chi connectivity index (χ1v) is 9.54. The summed E-state index contributed by atoms with van der Waals surface area (Å²) in [6.07, 6.45) is 5.02. The van der Waals surface area contributed by atoms with Crippen LogP contribution >= 0.6 is 0 Å². The third kappa shape index (κ3) is 2.89. The number of halogens is 1. The standard InChI is InChI=1S/C20H20FN5O2/c1-11-8-16(22-9-11)18-24-19(28-25-18)12-2-3-13-4-6-15-14(5-7-17(21)23-15)20(27)26(13)10-12/h5,7-9,12-13,22H,2-4,6,10H2,1H3/t12-,13-/m1/s1. The Labute approximate surface area is 161 Å². The van der Waals surface area contributed by atoms with Crippen LogP contribution < -0.4 is 0 Å². The molecule has 8 heteroatoms. The van der Waals surface area contributed by atoms with Gasteiger partial charge in [-0.25, -0.2) is 4.98 Å². The van der Waals surface area contributed by atoms with Crippen LogP contribution in [0.4, 0.5) is 4.39 Å². The maximum absolute atomic E-state index is 13.5. The summed E-state index contributed by atoms with van der Waals surface area (Å²) in [4.78, 5) is 26.6. The van der Waals surface area contributed by atoms with Gasteiger partial charge in [0.05, 0.1) is 22.9 Å². The van der Waals surface area contributed by atoms with Crippen molar-refractivity contribution in [1.82, 2.24) is 25.0 Å². The van der Waals surface area contributed by atoms with Crippen molar-refractivity contribution in [2.24, 2.45) is 0 Å². The van der Waals surface area contributed by atoms with Crippen molar-refractivity contribution < 1.29 is 13.7 Å². The molecule has 28 heavy (non-hydrogen) atoms. The Hall–Kier alpha value is -3.03. The number of carbonyl (C=O) groups is 1. The Kier molecular flexibility index (Phi) is 3.99. The Morgan fingerprint density at radius 1 is 1.25 bits per heavy atom. The van der Waals surface area contributed by atoms with Gasteiger partial charge in [-0.3, -0.25) is 4.79 Å². The Balaban J connectivity index is 1.40. The SMILES string of the molecule is Cc1c[nH]c(-c2noc([C@@H]3CC[C@@H]4CCc5nc(F)ccc5C(=O)N4C3)n2)c1. The van der Waals surface area contributed by atoms with Crippen LogP contribution in [0.1, 0.15) is 52.7 Å². The zero-order valence-corrected chi connectivity index (χ0v) is 15.5. The molecular weight excluding hydrogens is 361 g/mol. The molecule has 0 bridgehead atoms. The van der Waals surface area contributed by atoms with E-state index in [9.17, 15) is 9.18 Å². The van der Waals surface area contributed by atoms with Crippen LogP contribution in [-0.2, 0) is 6.42 Å². The van der Waals surface area contributed by atoms with Crippen molar-refractivity contribution in [1.29, 1.82) is 0 Å². The predicted octanol–water partition coefficient (Wildman–Crippen LogP) is 3.24. The van der Waals surface area contributed by atoms with Crippen molar-refractivity contribution in [3.63, 3.8) is 0 Å². The Bertz CT molecular complexity index is 1040. The van der Waals surface area contributed by atoms with E-state index in [-0.39, 0.29) is 17.9 Å². The number of H-pyrrole nitrogens is 1. The summed E-state index contributed by atoms with van der Waals surface area (Å²) in [5, 5.41) is 4.09. The smallest absolute Gasteiger partial charge is 0.255 e. The van der Waals surface area contributed by atoms with Gasteiger partial charge in [-0.05, 0) is 56.4 Å². The van der Waals surface area contributed by atoms with Gasteiger partial charge in [0.1, 0.15) is 0 Å². The summed E-state index contributed by atoms with van der Waals surface area (Å²) in [7, 11) is 0. The average molecular weight is 381 g/mol. The van der Waals surface area contributed by atoms with Gasteiger partial charge in [-0.1, -0.05) is 5.16 Å². The summed E-state index contributed by atoms with van der Waals surface area (Å²) in [6.45, 7) is 2.51. The minimum absolute atomic E-state index is 0.00698. The maximum Gasteiger partial charge on any atom is 0.255 e. The van der Waals surface area contributed by atoms with Gasteiger partial charge >= 0.3 is 0 Å². The zero-order valence-electron chi connectivity index (χ0n) is 15.5. The number of hydrogen-bond acceptors (Lipinski definition) is 5. The first kappa shape index (κ1) is 17.1. The highest BCUT2D eigenvalue weighted by Gasteiger charge is 2.37. The molecule has 144 valence electrons. The maximum atomic E-state index is 13.5. The van der Waals surface area contributed by atoms with Gasteiger partial charge < -0.3 is 14.4 Å². The van der Waals surface area contributed by atoms with E-state index in [4.69, 9.17) is 4.52 Å². The number of carbonyl (C=O) groups excluding carboxylic acids is 1. The molecule has 0 aromatic carbocycles. The van der Waals surface area contributed by atoms with E-state index in [0.29, 0.717) is 35.9 Å². The summed E-state index contributed by atoms with van der Waals surface area (Å²) < 4.78 is 19.0. The van der Waals surface area contributed by atoms with Crippen molar-refractivity contribution in [2.45, 2.75) is 44.6 Å². The molecule has 0 saturated carbocycles. The van der Waals surface area contributed by atoms with Gasteiger partial charge in [0, 0.05) is 18.8 Å². The lowest BCUT2D eigenvalue weighted by molar-refractivity contribution is 0.0570. The molecule has 5 rings (SSSR count). The lowest BCUT2D eigenvalue weighted by Crippen LogP contribution is -2.45. The quantitative estimate of drug-likeness (QED) is 0.689. The molecule has 0 spiro atoms. The third-order valence-corrected chi connectivity index (χ3v) is 5.71. The molecule has 1 saturated heterocycles. The van der Waals surface area contributed by atoms with Crippen LogP contribution in [0.3, 0.4) is 0 Å². The monoisotopic (exact) mass is 381 g/mol. The second-order valence-electron chi connectivity index (χ2n) is 7.60. The highest BCUT2D eigenvalue weighted by atomic mass is 19.1. The molecule has 0 aliphatic carbocycles. The van der Waals surface area contributed by atoms with Crippen LogP contribution in [0.15, 0.2) is 28.9 Å². The van der Waals surface area contributed by atoms with E-state index < -0.39 is 5.95 Å². The lowest BCUT2D eigenvalue weighted by Gasteiger charge is -2.37. The number of nitrogens with zero attached hydrogens (tertiary/aromatic N) is 4. The number of rotatable bonds is 2. The number of amides is 1. The fourth-order valence-electron chi connectivity index (χ4n) is 4.24. The van der Waals surface area contributed by atoms with Crippen LogP contribution in [0.25, 0.3) is 11.5 Å². The first-order chi connectivity index (χ1) is 13.6. The highest BCUT2D eigenvalue weighted by molar-refractivity contribution is 5.96. The molecule has 3 aromatic heterocycles. The highest BCUT2D eigenvalue weighted by Crippen LogP contribution is 2.35. The number of aryl methyl sites for hydroxylation is 2. The van der Waals surface area contributed by atoms with E-state index >= 15 is 0 Å². The van der Waals surface area contributed by atoms with Crippen LogP contribution in [0.5, 0.6) is 0 Å².